The number of nitrogens with zero attached hydrogens (tertiary/aromatic N) is 1. The number of hydrogen-bond donors (Lipinski definition) is 1. The molecule has 3 heteroatoms. The second kappa shape index (κ2) is 7.15. The maximum Gasteiger partial charge on any atom is 0.134 e. The van der Waals surface area contributed by atoms with Crippen LogP contribution in [0.4, 0.5) is 0 Å². The number of aromatic hydroxyl groups is 1. The Morgan fingerprint density at radius 2 is 1.67 bits per heavy atom. The number of halogens is 1. The summed E-state index contributed by atoms with van der Waals surface area (Å²) in [6, 6.07) is 5.84. The van der Waals surface area contributed by atoms with Crippen molar-refractivity contribution in [3.8, 4) is 5.75 Å². The van der Waals surface area contributed by atoms with E-state index in [1.165, 1.54) is 0 Å². The lowest BCUT2D eigenvalue weighted by Gasteiger charge is -2.26. The van der Waals surface area contributed by atoms with Crippen molar-refractivity contribution in [1.29, 1.82) is 0 Å². The molecule has 0 saturated heterocycles. The zero-order valence-corrected chi connectivity index (χ0v) is 13.4. The first kappa shape index (κ1) is 15.5. The van der Waals surface area contributed by atoms with Crippen LogP contribution in [0.3, 0.4) is 0 Å². The minimum atomic E-state index is 0.370. The van der Waals surface area contributed by atoms with Crippen LogP contribution < -0.4 is 0 Å². The molecule has 1 aromatic rings. The molecule has 0 amide bonds. The highest BCUT2D eigenvalue weighted by molar-refractivity contribution is 9.10. The Balaban J connectivity index is 2.78. The molecule has 0 atom stereocenters. The highest BCUT2D eigenvalue weighted by atomic mass is 79.9. The van der Waals surface area contributed by atoms with Crippen LogP contribution in [0.25, 0.3) is 0 Å². The van der Waals surface area contributed by atoms with Gasteiger partial charge in [-0.2, -0.15) is 0 Å². The molecule has 0 heterocycles. The van der Waals surface area contributed by atoms with Crippen molar-refractivity contribution in [3.05, 3.63) is 28.2 Å². The second-order valence-corrected chi connectivity index (χ2v) is 6.58. The standard InChI is InChI=1S/C15H24BrNO/c1-11(2)8-17(9-12(3)4)10-13-6-5-7-14(16)15(13)18/h5-7,11-12,18H,8-10H2,1-4H3. The molecular weight excluding hydrogens is 290 g/mol. The van der Waals surface area contributed by atoms with Gasteiger partial charge in [-0.25, -0.2) is 0 Å². The number of para-hydroxylation sites is 1. The van der Waals surface area contributed by atoms with E-state index >= 15 is 0 Å². The quantitative estimate of drug-likeness (QED) is 0.847. The van der Waals surface area contributed by atoms with E-state index in [4.69, 9.17) is 0 Å². The first-order chi connectivity index (χ1) is 8.40. The Bertz CT molecular complexity index is 367. The molecule has 0 bridgehead atoms. The van der Waals surface area contributed by atoms with E-state index in [0.29, 0.717) is 17.6 Å². The molecule has 0 spiro atoms. The Kier molecular flexibility index (Phi) is 6.16. The van der Waals surface area contributed by atoms with Crippen LogP contribution in [-0.4, -0.2) is 23.1 Å². The van der Waals surface area contributed by atoms with Gasteiger partial charge in [-0.05, 0) is 33.8 Å². The van der Waals surface area contributed by atoms with E-state index in [0.717, 1.165) is 29.7 Å². The number of hydrogen-bond acceptors (Lipinski definition) is 2. The molecule has 1 N–H and O–H groups in total. The molecule has 0 aliphatic rings. The van der Waals surface area contributed by atoms with Crippen molar-refractivity contribution in [2.45, 2.75) is 34.2 Å². The van der Waals surface area contributed by atoms with Gasteiger partial charge >= 0.3 is 0 Å². The molecule has 102 valence electrons. The monoisotopic (exact) mass is 313 g/mol. The average molecular weight is 314 g/mol. The van der Waals surface area contributed by atoms with Gasteiger partial charge < -0.3 is 5.11 Å². The average Bonchev–Trinajstić information content (AvgIpc) is 2.23. The van der Waals surface area contributed by atoms with Gasteiger partial charge in [0.25, 0.3) is 0 Å². The molecule has 0 unspecified atom stereocenters. The smallest absolute Gasteiger partial charge is 0.134 e. The zero-order chi connectivity index (χ0) is 13.7. The summed E-state index contributed by atoms with van der Waals surface area (Å²) in [5.74, 6) is 1.64. The molecule has 18 heavy (non-hydrogen) atoms. The van der Waals surface area contributed by atoms with Crippen molar-refractivity contribution in [2.24, 2.45) is 11.8 Å². The summed E-state index contributed by atoms with van der Waals surface area (Å²) >= 11 is 3.37. The molecule has 0 aliphatic carbocycles. The molecule has 2 nitrogen and oxygen atoms in total. The third kappa shape index (κ3) is 4.99. The molecular formula is C15H24BrNO. The molecule has 1 rings (SSSR count). The van der Waals surface area contributed by atoms with E-state index in [1.54, 1.807) is 0 Å². The van der Waals surface area contributed by atoms with Gasteiger partial charge in [-0.1, -0.05) is 39.8 Å². The molecule has 0 aliphatic heterocycles. The van der Waals surface area contributed by atoms with E-state index < -0.39 is 0 Å². The van der Waals surface area contributed by atoms with E-state index in [2.05, 4.69) is 48.5 Å². The van der Waals surface area contributed by atoms with Crippen LogP contribution >= 0.6 is 15.9 Å². The van der Waals surface area contributed by atoms with Gasteiger partial charge in [0.2, 0.25) is 0 Å². The Hall–Kier alpha value is -0.540. The lowest BCUT2D eigenvalue weighted by molar-refractivity contribution is 0.209. The van der Waals surface area contributed by atoms with Gasteiger partial charge in [-0.15, -0.1) is 0 Å². The third-order valence-electron chi connectivity index (χ3n) is 2.71. The van der Waals surface area contributed by atoms with Crippen molar-refractivity contribution in [3.63, 3.8) is 0 Å². The van der Waals surface area contributed by atoms with Gasteiger partial charge in [0.15, 0.2) is 0 Å². The van der Waals surface area contributed by atoms with Gasteiger partial charge in [-0.3, -0.25) is 4.90 Å². The fourth-order valence-corrected chi connectivity index (χ4v) is 2.57. The SMILES string of the molecule is CC(C)CN(Cc1cccc(Br)c1O)CC(C)C. The summed E-state index contributed by atoms with van der Waals surface area (Å²) in [6.07, 6.45) is 0. The van der Waals surface area contributed by atoms with Gasteiger partial charge in [0.1, 0.15) is 5.75 Å². The first-order valence-corrected chi connectivity index (χ1v) is 7.38. The predicted octanol–water partition coefficient (Wildman–Crippen LogP) is 4.27. The highest BCUT2D eigenvalue weighted by Gasteiger charge is 2.13. The van der Waals surface area contributed by atoms with Crippen LogP contribution in [0.15, 0.2) is 22.7 Å². The molecule has 0 saturated carbocycles. The number of rotatable bonds is 6. The van der Waals surface area contributed by atoms with Crippen molar-refractivity contribution >= 4 is 15.9 Å². The van der Waals surface area contributed by atoms with Crippen LogP contribution in [0.2, 0.25) is 0 Å². The summed E-state index contributed by atoms with van der Waals surface area (Å²) in [6.45, 7) is 11.8. The Labute approximate surface area is 119 Å². The molecule has 0 radical (unpaired) electrons. The molecule has 0 aromatic heterocycles. The van der Waals surface area contributed by atoms with Crippen LogP contribution in [0, 0.1) is 11.8 Å². The van der Waals surface area contributed by atoms with Crippen molar-refractivity contribution in [2.75, 3.05) is 13.1 Å². The maximum absolute atomic E-state index is 10.0. The van der Waals surface area contributed by atoms with E-state index in [9.17, 15) is 5.11 Å². The molecule has 0 fully saturated rings. The van der Waals surface area contributed by atoms with Gasteiger partial charge in [0, 0.05) is 25.2 Å². The lowest BCUT2D eigenvalue weighted by Crippen LogP contribution is -2.30. The van der Waals surface area contributed by atoms with Crippen LogP contribution in [-0.2, 0) is 6.54 Å². The highest BCUT2D eigenvalue weighted by Crippen LogP contribution is 2.28. The summed E-state index contributed by atoms with van der Waals surface area (Å²) in [5, 5.41) is 10.0. The zero-order valence-electron chi connectivity index (χ0n) is 11.8. The summed E-state index contributed by atoms with van der Waals surface area (Å²) in [4.78, 5) is 2.41. The Morgan fingerprint density at radius 1 is 1.11 bits per heavy atom. The maximum atomic E-state index is 10.0. The normalized spacial score (nSPS) is 11.8. The number of phenolic OH excluding ortho intramolecular Hbond substituents is 1. The third-order valence-corrected chi connectivity index (χ3v) is 3.35. The minimum absolute atomic E-state index is 0.370. The fraction of sp³-hybridized carbons (Fsp3) is 0.600. The van der Waals surface area contributed by atoms with Crippen LogP contribution in [0.1, 0.15) is 33.3 Å². The topological polar surface area (TPSA) is 23.5 Å². The van der Waals surface area contributed by atoms with Crippen molar-refractivity contribution < 1.29 is 5.11 Å². The molecule has 1 aromatic carbocycles. The van der Waals surface area contributed by atoms with E-state index in [1.807, 2.05) is 18.2 Å². The lowest BCUT2D eigenvalue weighted by atomic mass is 10.1. The van der Waals surface area contributed by atoms with Crippen LogP contribution in [0.5, 0.6) is 5.75 Å². The minimum Gasteiger partial charge on any atom is -0.506 e. The van der Waals surface area contributed by atoms with E-state index in [-0.39, 0.29) is 0 Å². The number of phenols is 1. The first-order valence-electron chi connectivity index (χ1n) is 6.58. The Morgan fingerprint density at radius 3 is 2.17 bits per heavy atom. The van der Waals surface area contributed by atoms with Crippen molar-refractivity contribution in [1.82, 2.24) is 4.90 Å². The predicted molar refractivity (Wildman–Crippen MR) is 80.8 cm³/mol. The summed E-state index contributed by atoms with van der Waals surface area (Å²) in [7, 11) is 0. The second-order valence-electron chi connectivity index (χ2n) is 5.73. The largest absolute Gasteiger partial charge is 0.506 e. The summed E-state index contributed by atoms with van der Waals surface area (Å²) in [5.41, 5.74) is 0.991. The fourth-order valence-electron chi connectivity index (χ4n) is 2.16. The van der Waals surface area contributed by atoms with Gasteiger partial charge in [0.05, 0.1) is 4.47 Å². The summed E-state index contributed by atoms with van der Waals surface area (Å²) < 4.78 is 0.772. The number of benzene rings is 1.